The highest BCUT2D eigenvalue weighted by Crippen LogP contribution is 2.28. The number of nitrogens with one attached hydrogen (secondary N) is 2. The quantitative estimate of drug-likeness (QED) is 0.317. The Morgan fingerprint density at radius 3 is 2.67 bits per heavy atom. The van der Waals surface area contributed by atoms with Gasteiger partial charge >= 0.3 is 0 Å². The Morgan fingerprint density at radius 2 is 1.93 bits per heavy atom. The summed E-state index contributed by atoms with van der Waals surface area (Å²) in [6.45, 7) is 6.69. The Hall–Kier alpha value is -1.64. The molecule has 8 heteroatoms. The summed E-state index contributed by atoms with van der Waals surface area (Å²) in [6.07, 6.45) is 6.49. The third kappa shape index (κ3) is 6.96. The summed E-state index contributed by atoms with van der Waals surface area (Å²) >= 11 is 0. The molecule has 2 N–H and O–H groups in total. The van der Waals surface area contributed by atoms with Crippen LogP contribution in [0, 0.1) is 5.92 Å². The van der Waals surface area contributed by atoms with Crippen LogP contribution in [-0.2, 0) is 21.3 Å². The van der Waals surface area contributed by atoms with Crippen molar-refractivity contribution in [1.29, 1.82) is 0 Å². The van der Waals surface area contributed by atoms with Crippen molar-refractivity contribution in [2.24, 2.45) is 10.9 Å². The maximum Gasteiger partial charge on any atom is 0.243 e. The van der Waals surface area contributed by atoms with Gasteiger partial charge in [-0.25, -0.2) is 13.4 Å². The number of benzene rings is 1. The summed E-state index contributed by atoms with van der Waals surface area (Å²) < 4.78 is 33.6. The predicted molar refractivity (Wildman–Crippen MR) is 120 cm³/mol. The van der Waals surface area contributed by atoms with E-state index in [9.17, 15) is 8.42 Å². The van der Waals surface area contributed by atoms with Crippen LogP contribution in [0.2, 0.25) is 0 Å². The molecule has 1 heterocycles. The lowest BCUT2D eigenvalue weighted by atomic mass is 10.2. The van der Waals surface area contributed by atoms with Crippen LogP contribution in [0.4, 0.5) is 0 Å². The first-order valence-electron chi connectivity index (χ1n) is 11.3. The smallest absolute Gasteiger partial charge is 0.243 e. The Labute approximate surface area is 181 Å². The molecule has 30 heavy (non-hydrogen) atoms. The van der Waals surface area contributed by atoms with Crippen LogP contribution in [0.15, 0.2) is 34.2 Å². The van der Waals surface area contributed by atoms with Crippen LogP contribution in [0.25, 0.3) is 0 Å². The third-order valence-corrected chi connectivity index (χ3v) is 7.46. The topological polar surface area (TPSA) is 83.0 Å². The minimum absolute atomic E-state index is 0.316. The molecule has 168 valence electrons. The summed E-state index contributed by atoms with van der Waals surface area (Å²) in [6, 6.07) is 7.22. The maximum absolute atomic E-state index is 13.1. The molecule has 0 amide bonds. The molecule has 1 saturated heterocycles. The second kappa shape index (κ2) is 11.7. The monoisotopic (exact) mass is 436 g/mol. The van der Waals surface area contributed by atoms with Crippen molar-refractivity contribution in [1.82, 2.24) is 14.9 Å². The molecule has 1 saturated carbocycles. The molecule has 1 aliphatic carbocycles. The number of hydrogen-bond acceptors (Lipinski definition) is 4. The van der Waals surface area contributed by atoms with Crippen molar-refractivity contribution in [3.63, 3.8) is 0 Å². The summed E-state index contributed by atoms with van der Waals surface area (Å²) in [5, 5.41) is 6.55. The zero-order valence-corrected chi connectivity index (χ0v) is 18.9. The van der Waals surface area contributed by atoms with Crippen molar-refractivity contribution in [3.8, 4) is 0 Å². The van der Waals surface area contributed by atoms with Gasteiger partial charge < -0.3 is 15.4 Å². The number of ether oxygens (including phenoxy) is 1. The van der Waals surface area contributed by atoms with Gasteiger partial charge in [0.15, 0.2) is 5.96 Å². The Morgan fingerprint density at radius 1 is 1.17 bits per heavy atom. The van der Waals surface area contributed by atoms with Crippen LogP contribution < -0.4 is 10.6 Å². The van der Waals surface area contributed by atoms with Crippen LogP contribution in [0.3, 0.4) is 0 Å². The number of sulfonamides is 1. The molecule has 1 aliphatic heterocycles. The number of guanidine groups is 1. The van der Waals surface area contributed by atoms with Crippen molar-refractivity contribution < 1.29 is 13.2 Å². The molecule has 2 aliphatic rings. The van der Waals surface area contributed by atoms with Crippen LogP contribution in [0.5, 0.6) is 0 Å². The van der Waals surface area contributed by atoms with Gasteiger partial charge in [-0.15, -0.1) is 0 Å². The zero-order chi connectivity index (χ0) is 21.2. The van der Waals surface area contributed by atoms with E-state index in [0.29, 0.717) is 30.5 Å². The molecule has 2 fully saturated rings. The normalized spacial score (nSPS) is 18.4. The van der Waals surface area contributed by atoms with E-state index < -0.39 is 10.0 Å². The zero-order valence-electron chi connectivity index (χ0n) is 18.1. The minimum atomic E-state index is -3.48. The first-order chi connectivity index (χ1) is 14.6. The standard InChI is InChI=1S/C22H36N4O3S/c1-2-23-22(24-13-8-16-29-18-19-11-12-19)25-17-20-9-4-5-10-21(20)30(27,28)26-14-6-3-7-15-26/h4-5,9-10,19H,2-3,6-8,11-18H2,1H3,(H2,23,24,25). The second-order valence-corrected chi connectivity index (χ2v) is 9.97. The molecular formula is C22H36N4O3S. The summed E-state index contributed by atoms with van der Waals surface area (Å²) in [7, 11) is -3.48. The number of piperidine rings is 1. The van der Waals surface area contributed by atoms with E-state index in [2.05, 4.69) is 15.6 Å². The van der Waals surface area contributed by atoms with Gasteiger partial charge in [-0.3, -0.25) is 0 Å². The first-order valence-corrected chi connectivity index (χ1v) is 12.7. The molecule has 7 nitrogen and oxygen atoms in total. The van der Waals surface area contributed by atoms with Crippen molar-refractivity contribution in [2.75, 3.05) is 39.4 Å². The van der Waals surface area contributed by atoms with E-state index in [1.165, 1.54) is 12.8 Å². The number of aliphatic imine (C=N–C) groups is 1. The lowest BCUT2D eigenvalue weighted by Crippen LogP contribution is -2.38. The van der Waals surface area contributed by atoms with Gasteiger partial charge in [0, 0.05) is 39.4 Å². The number of rotatable bonds is 11. The summed E-state index contributed by atoms with van der Waals surface area (Å²) in [5.41, 5.74) is 0.730. The largest absolute Gasteiger partial charge is 0.381 e. The predicted octanol–water partition coefficient (Wildman–Crippen LogP) is 2.73. The van der Waals surface area contributed by atoms with Crippen molar-refractivity contribution in [3.05, 3.63) is 29.8 Å². The summed E-state index contributed by atoms with van der Waals surface area (Å²) in [5.74, 6) is 1.49. The lowest BCUT2D eigenvalue weighted by Gasteiger charge is -2.26. The molecule has 3 rings (SSSR count). The first kappa shape index (κ1) is 23.0. The molecule has 0 atom stereocenters. The second-order valence-electron chi connectivity index (χ2n) is 8.07. The van der Waals surface area contributed by atoms with Gasteiger partial charge in [-0.05, 0) is 56.6 Å². The molecule has 0 spiro atoms. The van der Waals surface area contributed by atoms with Gasteiger partial charge in [0.25, 0.3) is 0 Å². The molecule has 0 aromatic heterocycles. The fraction of sp³-hybridized carbons (Fsp3) is 0.682. The highest BCUT2D eigenvalue weighted by molar-refractivity contribution is 7.89. The van der Waals surface area contributed by atoms with Gasteiger partial charge in [-0.2, -0.15) is 4.31 Å². The van der Waals surface area contributed by atoms with E-state index in [4.69, 9.17) is 4.74 Å². The fourth-order valence-electron chi connectivity index (χ4n) is 3.55. The van der Waals surface area contributed by atoms with E-state index >= 15 is 0 Å². The highest BCUT2D eigenvalue weighted by Gasteiger charge is 2.27. The average Bonchev–Trinajstić information content (AvgIpc) is 3.59. The highest BCUT2D eigenvalue weighted by atomic mass is 32.2. The number of hydrogen-bond donors (Lipinski definition) is 2. The Kier molecular flexibility index (Phi) is 8.96. The average molecular weight is 437 g/mol. The van der Waals surface area contributed by atoms with Gasteiger partial charge in [0.05, 0.1) is 11.4 Å². The molecule has 0 unspecified atom stereocenters. The maximum atomic E-state index is 13.1. The van der Waals surface area contributed by atoms with E-state index in [1.807, 2.05) is 19.1 Å². The van der Waals surface area contributed by atoms with Crippen molar-refractivity contribution >= 4 is 16.0 Å². The van der Waals surface area contributed by atoms with Crippen LogP contribution >= 0.6 is 0 Å². The lowest BCUT2D eigenvalue weighted by molar-refractivity contribution is 0.123. The number of nitrogens with zero attached hydrogens (tertiary/aromatic N) is 2. The van der Waals surface area contributed by atoms with Crippen LogP contribution in [0.1, 0.15) is 51.0 Å². The van der Waals surface area contributed by atoms with E-state index in [0.717, 1.165) is 63.5 Å². The van der Waals surface area contributed by atoms with Crippen molar-refractivity contribution in [2.45, 2.75) is 56.9 Å². The molecule has 1 aromatic rings. The van der Waals surface area contributed by atoms with E-state index in [-0.39, 0.29) is 0 Å². The SMILES string of the molecule is CCNC(=NCc1ccccc1S(=O)(=O)N1CCCCC1)NCCCOCC1CC1. The molecule has 1 aromatic carbocycles. The minimum Gasteiger partial charge on any atom is -0.381 e. The summed E-state index contributed by atoms with van der Waals surface area (Å²) in [4.78, 5) is 5.00. The fourth-order valence-corrected chi connectivity index (χ4v) is 5.28. The Bertz CT molecular complexity index is 787. The molecular weight excluding hydrogens is 400 g/mol. The van der Waals surface area contributed by atoms with E-state index in [1.54, 1.807) is 16.4 Å². The Balaban J connectivity index is 1.57. The van der Waals surface area contributed by atoms with Gasteiger partial charge in [0.1, 0.15) is 0 Å². The van der Waals surface area contributed by atoms with Gasteiger partial charge in [-0.1, -0.05) is 24.6 Å². The van der Waals surface area contributed by atoms with Crippen LogP contribution in [-0.4, -0.2) is 58.1 Å². The molecule has 0 bridgehead atoms. The van der Waals surface area contributed by atoms with Gasteiger partial charge in [0.2, 0.25) is 10.0 Å². The molecule has 0 radical (unpaired) electrons. The third-order valence-electron chi connectivity index (χ3n) is 5.47.